The summed E-state index contributed by atoms with van der Waals surface area (Å²) in [6.07, 6.45) is 0.702. The number of hydrogen-bond donors (Lipinski definition) is 1. The Balaban J connectivity index is 2.59. The van der Waals surface area contributed by atoms with Crippen LogP contribution in [0.15, 0.2) is 24.3 Å². The van der Waals surface area contributed by atoms with Gasteiger partial charge in [0.05, 0.1) is 12.4 Å². The van der Waals surface area contributed by atoms with E-state index in [9.17, 15) is 13.2 Å². The molecule has 0 fully saturated rings. The smallest absolute Gasteiger partial charge is 0.234 e. The van der Waals surface area contributed by atoms with E-state index in [0.29, 0.717) is 24.1 Å². The first kappa shape index (κ1) is 13.7. The van der Waals surface area contributed by atoms with Crippen LogP contribution in [0.2, 0.25) is 0 Å². The van der Waals surface area contributed by atoms with Gasteiger partial charge in [0.2, 0.25) is 10.0 Å². The molecule has 1 aromatic carbocycles. The zero-order valence-electron chi connectivity index (χ0n) is 9.55. The third kappa shape index (κ3) is 4.97. The van der Waals surface area contributed by atoms with Crippen LogP contribution in [0, 0.1) is 0 Å². The number of nitrogens with one attached hydrogen (secondary N) is 1. The molecule has 0 aliphatic rings. The normalized spacial score (nSPS) is 11.1. The molecule has 94 valence electrons. The topological polar surface area (TPSA) is 72.5 Å². The van der Waals surface area contributed by atoms with Crippen LogP contribution in [0.4, 0.5) is 5.69 Å². The Labute approximate surface area is 101 Å². The van der Waals surface area contributed by atoms with Crippen molar-refractivity contribution in [1.29, 1.82) is 0 Å². The van der Waals surface area contributed by atoms with Gasteiger partial charge in [-0.25, -0.2) is 8.42 Å². The Hall–Kier alpha value is -1.40. The predicted molar refractivity (Wildman–Crippen MR) is 65.7 cm³/mol. The van der Waals surface area contributed by atoms with Gasteiger partial charge >= 0.3 is 0 Å². The summed E-state index contributed by atoms with van der Waals surface area (Å²) >= 11 is 0. The van der Waals surface area contributed by atoms with E-state index in [4.69, 9.17) is 4.74 Å². The minimum absolute atomic E-state index is 0.0870. The first-order chi connectivity index (χ1) is 8.07. The molecule has 0 unspecified atom stereocenters. The maximum atomic E-state index is 11.6. The van der Waals surface area contributed by atoms with Gasteiger partial charge in [0.15, 0.2) is 0 Å². The second-order valence-corrected chi connectivity index (χ2v) is 5.20. The summed E-state index contributed by atoms with van der Waals surface area (Å²) in [5.74, 6) is -0.0870. The molecule has 0 bridgehead atoms. The van der Waals surface area contributed by atoms with Crippen LogP contribution < -0.4 is 4.72 Å². The highest BCUT2D eigenvalue weighted by Gasteiger charge is 2.09. The summed E-state index contributed by atoms with van der Waals surface area (Å²) in [7, 11) is -3.39. The van der Waals surface area contributed by atoms with Gasteiger partial charge in [-0.2, -0.15) is 0 Å². The van der Waals surface area contributed by atoms with Gasteiger partial charge in [-0.3, -0.25) is 9.52 Å². The maximum Gasteiger partial charge on any atom is 0.234 e. The fraction of sp³-hybridized carbons (Fsp3) is 0.364. The van der Waals surface area contributed by atoms with E-state index in [-0.39, 0.29) is 12.4 Å². The van der Waals surface area contributed by atoms with Crippen molar-refractivity contribution in [2.75, 3.05) is 23.7 Å². The average Bonchev–Trinajstić information content (AvgIpc) is 2.30. The average molecular weight is 257 g/mol. The molecule has 0 amide bonds. The molecule has 0 atom stereocenters. The van der Waals surface area contributed by atoms with Gasteiger partial charge in [0.25, 0.3) is 0 Å². The zero-order chi connectivity index (χ0) is 12.7. The molecule has 6 heteroatoms. The zero-order valence-corrected chi connectivity index (χ0v) is 10.4. The van der Waals surface area contributed by atoms with Crippen LogP contribution >= 0.6 is 0 Å². The lowest BCUT2D eigenvalue weighted by molar-refractivity contribution is 0.112. The van der Waals surface area contributed by atoms with Gasteiger partial charge in [0, 0.05) is 17.9 Å². The molecule has 1 N–H and O–H groups in total. The number of sulfonamides is 1. The Morgan fingerprint density at radius 1 is 1.29 bits per heavy atom. The standard InChI is InChI=1S/C11H15NO4S/c1-2-16-7-8-17(14,15)12-11-5-3-10(9-13)4-6-11/h3-6,9,12H,2,7-8H2,1H3. The molecular formula is C11H15NO4S. The molecule has 0 aromatic heterocycles. The molecule has 0 heterocycles. The van der Waals surface area contributed by atoms with Crippen molar-refractivity contribution in [3.63, 3.8) is 0 Å². The minimum atomic E-state index is -3.39. The number of hydrogen-bond acceptors (Lipinski definition) is 4. The van der Waals surface area contributed by atoms with Crippen LogP contribution in [0.3, 0.4) is 0 Å². The van der Waals surface area contributed by atoms with Gasteiger partial charge in [-0.05, 0) is 31.2 Å². The fourth-order valence-corrected chi connectivity index (χ4v) is 2.11. The quantitative estimate of drug-likeness (QED) is 0.590. The van der Waals surface area contributed by atoms with Crippen molar-refractivity contribution in [3.8, 4) is 0 Å². The number of ether oxygens (including phenoxy) is 1. The third-order valence-electron chi connectivity index (χ3n) is 2.02. The van der Waals surface area contributed by atoms with Gasteiger partial charge in [0.1, 0.15) is 6.29 Å². The summed E-state index contributed by atoms with van der Waals surface area (Å²) in [5.41, 5.74) is 0.939. The lowest BCUT2D eigenvalue weighted by Crippen LogP contribution is -2.20. The highest BCUT2D eigenvalue weighted by Crippen LogP contribution is 2.10. The highest BCUT2D eigenvalue weighted by atomic mass is 32.2. The van der Waals surface area contributed by atoms with E-state index in [1.807, 2.05) is 0 Å². The summed E-state index contributed by atoms with van der Waals surface area (Å²) in [6.45, 7) is 2.46. The molecule has 1 rings (SSSR count). The lowest BCUT2D eigenvalue weighted by atomic mass is 10.2. The summed E-state index contributed by atoms with van der Waals surface area (Å²) < 4.78 is 30.5. The van der Waals surface area contributed by atoms with E-state index < -0.39 is 10.0 Å². The molecule has 0 spiro atoms. The first-order valence-electron chi connectivity index (χ1n) is 5.21. The van der Waals surface area contributed by atoms with Crippen LogP contribution in [0.1, 0.15) is 17.3 Å². The van der Waals surface area contributed by atoms with E-state index in [1.165, 1.54) is 0 Å². The molecule has 0 aliphatic carbocycles. The lowest BCUT2D eigenvalue weighted by Gasteiger charge is -2.07. The van der Waals surface area contributed by atoms with Crippen LogP contribution in [-0.2, 0) is 14.8 Å². The number of aldehydes is 1. The number of anilines is 1. The van der Waals surface area contributed by atoms with Crippen LogP contribution in [0.5, 0.6) is 0 Å². The molecule has 0 saturated heterocycles. The third-order valence-corrected chi connectivity index (χ3v) is 3.27. The van der Waals surface area contributed by atoms with E-state index in [1.54, 1.807) is 31.2 Å². The Bertz CT molecular complexity index is 453. The van der Waals surface area contributed by atoms with Crippen molar-refractivity contribution < 1.29 is 17.9 Å². The number of rotatable bonds is 7. The molecule has 0 radical (unpaired) electrons. The largest absolute Gasteiger partial charge is 0.381 e. The fourth-order valence-electron chi connectivity index (χ4n) is 1.17. The van der Waals surface area contributed by atoms with E-state index in [0.717, 1.165) is 0 Å². The first-order valence-corrected chi connectivity index (χ1v) is 6.86. The van der Waals surface area contributed by atoms with Crippen molar-refractivity contribution in [3.05, 3.63) is 29.8 Å². The van der Waals surface area contributed by atoms with E-state index >= 15 is 0 Å². The van der Waals surface area contributed by atoms with Crippen LogP contribution in [0.25, 0.3) is 0 Å². The number of carbonyl (C=O) groups excluding carboxylic acids is 1. The Morgan fingerprint density at radius 3 is 2.47 bits per heavy atom. The SMILES string of the molecule is CCOCCS(=O)(=O)Nc1ccc(C=O)cc1. The summed E-state index contributed by atoms with van der Waals surface area (Å²) in [5, 5.41) is 0. The number of benzene rings is 1. The Kier molecular flexibility index (Phi) is 5.11. The second-order valence-electron chi connectivity index (χ2n) is 3.36. The van der Waals surface area contributed by atoms with E-state index in [2.05, 4.69) is 4.72 Å². The molecule has 0 aliphatic heterocycles. The predicted octanol–water partition coefficient (Wildman–Crippen LogP) is 1.28. The molecular weight excluding hydrogens is 242 g/mol. The summed E-state index contributed by atoms with van der Waals surface area (Å²) in [4.78, 5) is 10.4. The summed E-state index contributed by atoms with van der Waals surface area (Å²) in [6, 6.07) is 6.19. The highest BCUT2D eigenvalue weighted by molar-refractivity contribution is 7.92. The molecule has 17 heavy (non-hydrogen) atoms. The van der Waals surface area contributed by atoms with Gasteiger partial charge < -0.3 is 4.74 Å². The maximum absolute atomic E-state index is 11.6. The van der Waals surface area contributed by atoms with Crippen molar-refractivity contribution in [1.82, 2.24) is 0 Å². The second kappa shape index (κ2) is 6.36. The minimum Gasteiger partial charge on any atom is -0.381 e. The molecule has 5 nitrogen and oxygen atoms in total. The monoisotopic (exact) mass is 257 g/mol. The van der Waals surface area contributed by atoms with Crippen molar-refractivity contribution in [2.24, 2.45) is 0 Å². The molecule has 0 saturated carbocycles. The van der Waals surface area contributed by atoms with Crippen molar-refractivity contribution >= 4 is 22.0 Å². The van der Waals surface area contributed by atoms with Crippen molar-refractivity contribution in [2.45, 2.75) is 6.92 Å². The van der Waals surface area contributed by atoms with Gasteiger partial charge in [-0.1, -0.05) is 0 Å². The Morgan fingerprint density at radius 2 is 1.94 bits per heavy atom. The van der Waals surface area contributed by atoms with Crippen LogP contribution in [-0.4, -0.2) is 33.7 Å². The van der Waals surface area contributed by atoms with Gasteiger partial charge in [-0.15, -0.1) is 0 Å². The molecule has 1 aromatic rings. The number of carbonyl (C=O) groups is 1.